The van der Waals surface area contributed by atoms with Crippen LogP contribution in [0.1, 0.15) is 50.3 Å². The van der Waals surface area contributed by atoms with Gasteiger partial charge < -0.3 is 10.2 Å². The molecule has 4 aliphatic rings. The Balaban J connectivity index is 1.67. The summed E-state index contributed by atoms with van der Waals surface area (Å²) in [6.45, 7) is 0. The van der Waals surface area contributed by atoms with Gasteiger partial charge in [0.2, 0.25) is 0 Å². The molecule has 4 fully saturated rings. The van der Waals surface area contributed by atoms with Crippen molar-refractivity contribution >= 4 is 15.9 Å². The van der Waals surface area contributed by atoms with Crippen LogP contribution < -0.4 is 5.73 Å². The lowest BCUT2D eigenvalue weighted by molar-refractivity contribution is -0.0710. The summed E-state index contributed by atoms with van der Waals surface area (Å²) in [4.78, 5) is 0. The Morgan fingerprint density at radius 1 is 1.11 bits per heavy atom. The zero-order valence-corrected chi connectivity index (χ0v) is 12.2. The fourth-order valence-electron chi connectivity index (χ4n) is 5.36. The normalized spacial score (nSPS) is 43.3. The van der Waals surface area contributed by atoms with Crippen molar-refractivity contribution in [1.82, 2.24) is 0 Å². The van der Waals surface area contributed by atoms with E-state index in [2.05, 4.69) is 15.9 Å². The molecule has 98 valence electrons. The minimum absolute atomic E-state index is 0.0946. The van der Waals surface area contributed by atoms with Crippen LogP contribution in [0.2, 0.25) is 0 Å². The van der Waals surface area contributed by atoms with Crippen molar-refractivity contribution in [2.45, 2.75) is 44.6 Å². The molecule has 1 aromatic rings. The molecule has 2 nitrogen and oxygen atoms in total. The highest BCUT2D eigenvalue weighted by molar-refractivity contribution is 9.10. The van der Waals surface area contributed by atoms with Crippen molar-refractivity contribution in [2.75, 3.05) is 0 Å². The Morgan fingerprint density at radius 2 is 1.67 bits per heavy atom. The first-order valence-electron chi connectivity index (χ1n) is 7.15. The van der Waals surface area contributed by atoms with Gasteiger partial charge in [-0.25, -0.2) is 0 Å². The van der Waals surface area contributed by atoms with Crippen LogP contribution in [0.15, 0.2) is 21.2 Å². The van der Waals surface area contributed by atoms with Gasteiger partial charge in [-0.3, -0.25) is 0 Å². The Kier molecular flexibility index (Phi) is 2.47. The Hall–Kier alpha value is -0.280. The van der Waals surface area contributed by atoms with Crippen molar-refractivity contribution < 1.29 is 4.42 Å². The number of nitrogens with two attached hydrogens (primary N) is 1. The van der Waals surface area contributed by atoms with Gasteiger partial charge in [0.25, 0.3) is 0 Å². The fourth-order valence-corrected chi connectivity index (χ4v) is 5.67. The van der Waals surface area contributed by atoms with Gasteiger partial charge >= 0.3 is 0 Å². The molecule has 1 aromatic heterocycles. The van der Waals surface area contributed by atoms with E-state index in [-0.39, 0.29) is 6.04 Å². The van der Waals surface area contributed by atoms with Crippen molar-refractivity contribution in [1.29, 1.82) is 0 Å². The van der Waals surface area contributed by atoms with Gasteiger partial charge in [-0.15, -0.1) is 0 Å². The molecule has 18 heavy (non-hydrogen) atoms. The maximum atomic E-state index is 6.59. The summed E-state index contributed by atoms with van der Waals surface area (Å²) in [5, 5.41) is 0. The lowest BCUT2D eigenvalue weighted by Gasteiger charge is -2.58. The molecule has 5 rings (SSSR count). The van der Waals surface area contributed by atoms with Crippen LogP contribution in [0.3, 0.4) is 0 Å². The lowest BCUT2D eigenvalue weighted by atomic mass is 9.47. The van der Waals surface area contributed by atoms with Crippen LogP contribution in [-0.4, -0.2) is 0 Å². The van der Waals surface area contributed by atoms with E-state index in [1.165, 1.54) is 38.5 Å². The number of rotatable bonds is 2. The Labute approximate surface area is 116 Å². The first-order chi connectivity index (χ1) is 8.64. The molecule has 0 radical (unpaired) electrons. The summed E-state index contributed by atoms with van der Waals surface area (Å²) in [5.41, 5.74) is 6.93. The quantitative estimate of drug-likeness (QED) is 0.886. The van der Waals surface area contributed by atoms with E-state index in [9.17, 15) is 0 Å². The van der Waals surface area contributed by atoms with Crippen LogP contribution in [0.4, 0.5) is 0 Å². The van der Waals surface area contributed by atoms with Crippen LogP contribution in [0.25, 0.3) is 0 Å². The number of halogens is 1. The lowest BCUT2D eigenvalue weighted by Crippen LogP contribution is -2.50. The topological polar surface area (TPSA) is 39.2 Å². The molecule has 1 atom stereocenters. The van der Waals surface area contributed by atoms with Crippen molar-refractivity contribution in [3.63, 3.8) is 0 Å². The first kappa shape index (κ1) is 11.5. The second-order valence-corrected chi connectivity index (χ2v) is 7.68. The summed E-state index contributed by atoms with van der Waals surface area (Å²) in [5.74, 6) is 3.81. The maximum absolute atomic E-state index is 6.59. The van der Waals surface area contributed by atoms with E-state index in [4.69, 9.17) is 10.2 Å². The van der Waals surface area contributed by atoms with Crippen molar-refractivity contribution in [3.8, 4) is 0 Å². The van der Waals surface area contributed by atoms with E-state index in [1.54, 1.807) is 0 Å². The summed E-state index contributed by atoms with van der Waals surface area (Å²) >= 11 is 3.39. The minimum atomic E-state index is 0.0946. The average Bonchev–Trinajstić information content (AvgIpc) is 2.73. The van der Waals surface area contributed by atoms with Gasteiger partial charge in [0.1, 0.15) is 5.76 Å². The molecular formula is C15H20BrNO. The van der Waals surface area contributed by atoms with Crippen LogP contribution in [-0.2, 0) is 0 Å². The molecule has 0 saturated heterocycles. The second-order valence-electron chi connectivity index (χ2n) is 6.90. The minimum Gasteiger partial charge on any atom is -0.453 e. The smallest absolute Gasteiger partial charge is 0.169 e. The Morgan fingerprint density at radius 3 is 2.11 bits per heavy atom. The van der Waals surface area contributed by atoms with Crippen LogP contribution in [0, 0.1) is 23.2 Å². The number of furan rings is 1. The zero-order valence-electron chi connectivity index (χ0n) is 10.6. The van der Waals surface area contributed by atoms with E-state index in [0.717, 1.165) is 28.2 Å². The number of hydrogen-bond acceptors (Lipinski definition) is 2. The summed E-state index contributed by atoms with van der Waals surface area (Å²) in [6.07, 6.45) is 8.39. The predicted octanol–water partition coefficient (Wildman–Crippen LogP) is 4.26. The zero-order chi connectivity index (χ0) is 12.3. The highest BCUT2D eigenvalue weighted by Crippen LogP contribution is 2.63. The molecule has 4 bridgehead atoms. The largest absolute Gasteiger partial charge is 0.453 e. The van der Waals surface area contributed by atoms with Crippen molar-refractivity contribution in [2.24, 2.45) is 28.9 Å². The highest BCUT2D eigenvalue weighted by Gasteiger charge is 2.54. The van der Waals surface area contributed by atoms with Crippen LogP contribution in [0.5, 0.6) is 0 Å². The third-order valence-corrected chi connectivity index (χ3v) is 6.07. The molecular weight excluding hydrogens is 290 g/mol. The van der Waals surface area contributed by atoms with E-state index >= 15 is 0 Å². The van der Waals surface area contributed by atoms with E-state index < -0.39 is 0 Å². The van der Waals surface area contributed by atoms with Gasteiger partial charge in [-0.2, -0.15) is 0 Å². The van der Waals surface area contributed by atoms with Gasteiger partial charge in [0.15, 0.2) is 4.67 Å². The van der Waals surface area contributed by atoms with Crippen LogP contribution >= 0.6 is 15.9 Å². The first-order valence-corrected chi connectivity index (χ1v) is 7.95. The fraction of sp³-hybridized carbons (Fsp3) is 0.733. The third kappa shape index (κ3) is 1.63. The average molecular weight is 310 g/mol. The molecule has 0 amide bonds. The van der Waals surface area contributed by atoms with Gasteiger partial charge in [-0.05, 0) is 89.8 Å². The van der Waals surface area contributed by atoms with E-state index in [0.29, 0.717) is 5.41 Å². The SMILES string of the molecule is NC(c1ccc(Br)o1)C12CC3CC(CC(C3)C1)C2. The summed E-state index contributed by atoms with van der Waals surface area (Å²) in [7, 11) is 0. The van der Waals surface area contributed by atoms with Crippen molar-refractivity contribution in [3.05, 3.63) is 22.6 Å². The molecule has 1 unspecified atom stereocenters. The Bertz CT molecular complexity index is 432. The maximum Gasteiger partial charge on any atom is 0.169 e. The predicted molar refractivity (Wildman–Crippen MR) is 73.9 cm³/mol. The van der Waals surface area contributed by atoms with Gasteiger partial charge in [-0.1, -0.05) is 0 Å². The number of hydrogen-bond donors (Lipinski definition) is 1. The monoisotopic (exact) mass is 309 g/mol. The highest BCUT2D eigenvalue weighted by atomic mass is 79.9. The molecule has 2 N–H and O–H groups in total. The van der Waals surface area contributed by atoms with Gasteiger partial charge in [0.05, 0.1) is 6.04 Å². The standard InChI is InChI=1S/C15H20BrNO/c16-13-2-1-12(18-13)14(17)15-6-9-3-10(7-15)5-11(4-9)8-15/h1-2,9-11,14H,3-8,17H2. The second kappa shape index (κ2) is 3.86. The van der Waals surface area contributed by atoms with Gasteiger partial charge in [0, 0.05) is 0 Å². The third-order valence-electron chi connectivity index (χ3n) is 5.65. The summed E-state index contributed by atoms with van der Waals surface area (Å²) in [6, 6.07) is 4.11. The summed E-state index contributed by atoms with van der Waals surface area (Å²) < 4.78 is 6.53. The molecule has 0 spiro atoms. The molecule has 3 heteroatoms. The molecule has 0 aliphatic heterocycles. The molecule has 4 aliphatic carbocycles. The molecule has 4 saturated carbocycles. The van der Waals surface area contributed by atoms with E-state index in [1.807, 2.05) is 12.1 Å². The molecule has 0 aromatic carbocycles. The molecule has 1 heterocycles.